The molecule has 1 atom stereocenters. The van der Waals surface area contributed by atoms with E-state index < -0.39 is 37.3 Å². The Morgan fingerprint density at radius 3 is 2.50 bits per heavy atom. The van der Waals surface area contributed by atoms with Crippen molar-refractivity contribution in [2.45, 2.75) is 25.6 Å². The average molecular weight is 319 g/mol. The summed E-state index contributed by atoms with van der Waals surface area (Å²) in [6.45, 7) is -0.577. The number of rotatable bonds is 7. The highest BCUT2D eigenvalue weighted by atomic mass is 19.4. The first kappa shape index (κ1) is 18.0. The summed E-state index contributed by atoms with van der Waals surface area (Å²) in [6, 6.07) is 6.01. The van der Waals surface area contributed by atoms with Crippen LogP contribution in [0.4, 0.5) is 13.2 Å². The van der Waals surface area contributed by atoms with Gasteiger partial charge < -0.3 is 15.2 Å². The maximum Gasteiger partial charge on any atom is 0.411 e. The number of hydrogen-bond donors (Lipinski definition) is 2. The fraction of sp³-hybridized carbons (Fsp3) is 0.429. The number of halogens is 3. The van der Waals surface area contributed by atoms with Gasteiger partial charge in [-0.3, -0.25) is 9.59 Å². The van der Waals surface area contributed by atoms with E-state index in [1.54, 1.807) is 31.2 Å². The zero-order chi connectivity index (χ0) is 16.8. The lowest BCUT2D eigenvalue weighted by Crippen LogP contribution is -2.34. The van der Waals surface area contributed by atoms with E-state index in [0.717, 1.165) is 5.56 Å². The van der Waals surface area contributed by atoms with Crippen LogP contribution in [-0.2, 0) is 14.3 Å². The number of alkyl halides is 3. The Labute approximate surface area is 125 Å². The molecular weight excluding hydrogens is 303 g/mol. The van der Waals surface area contributed by atoms with Crippen molar-refractivity contribution in [1.82, 2.24) is 5.32 Å². The Bertz CT molecular complexity index is 531. The van der Waals surface area contributed by atoms with Gasteiger partial charge in [0.25, 0.3) is 0 Å². The van der Waals surface area contributed by atoms with Crippen molar-refractivity contribution in [3.05, 3.63) is 35.4 Å². The van der Waals surface area contributed by atoms with Crippen LogP contribution < -0.4 is 5.32 Å². The molecule has 2 N–H and O–H groups in total. The molecular formula is C14H16F3NO4. The number of nitrogens with one attached hydrogen (secondary N) is 1. The highest BCUT2D eigenvalue weighted by Crippen LogP contribution is 2.20. The third-order valence-corrected chi connectivity index (χ3v) is 2.78. The molecule has 0 saturated carbocycles. The Hall–Kier alpha value is -2.09. The molecule has 0 spiro atoms. The Morgan fingerprint density at radius 1 is 1.32 bits per heavy atom. The molecule has 0 aliphatic rings. The highest BCUT2D eigenvalue weighted by Gasteiger charge is 2.28. The lowest BCUT2D eigenvalue weighted by molar-refractivity contribution is -0.175. The van der Waals surface area contributed by atoms with E-state index in [-0.39, 0.29) is 6.42 Å². The van der Waals surface area contributed by atoms with Crippen LogP contribution in [0.3, 0.4) is 0 Å². The summed E-state index contributed by atoms with van der Waals surface area (Å²) in [5.41, 5.74) is 1.36. The fourth-order valence-electron chi connectivity index (χ4n) is 1.89. The molecule has 0 aromatic heterocycles. The molecule has 0 bridgehead atoms. The van der Waals surface area contributed by atoms with Crippen molar-refractivity contribution < 1.29 is 32.6 Å². The van der Waals surface area contributed by atoms with Gasteiger partial charge in [0.15, 0.2) is 0 Å². The number of hydrogen-bond acceptors (Lipinski definition) is 3. The minimum Gasteiger partial charge on any atom is -0.481 e. The number of aliphatic carboxylic acids is 1. The zero-order valence-corrected chi connectivity index (χ0v) is 11.8. The predicted octanol–water partition coefficient (Wildman–Crippen LogP) is 2.21. The molecule has 0 aliphatic carbocycles. The van der Waals surface area contributed by atoms with Gasteiger partial charge in [0.2, 0.25) is 5.91 Å². The second-order valence-electron chi connectivity index (χ2n) is 4.68. The smallest absolute Gasteiger partial charge is 0.411 e. The lowest BCUT2D eigenvalue weighted by Gasteiger charge is -2.19. The first-order valence-corrected chi connectivity index (χ1v) is 6.40. The molecule has 8 heteroatoms. The summed E-state index contributed by atoms with van der Waals surface area (Å²) in [5.74, 6) is -1.94. The highest BCUT2D eigenvalue weighted by molar-refractivity contribution is 5.79. The summed E-state index contributed by atoms with van der Waals surface area (Å²) in [7, 11) is 0. The number of aryl methyl sites for hydroxylation is 1. The van der Waals surface area contributed by atoms with Gasteiger partial charge in [0.05, 0.1) is 12.5 Å². The van der Waals surface area contributed by atoms with Crippen LogP contribution in [0.15, 0.2) is 24.3 Å². The van der Waals surface area contributed by atoms with Crippen LogP contribution in [0.1, 0.15) is 23.6 Å². The topological polar surface area (TPSA) is 75.6 Å². The molecule has 5 nitrogen and oxygen atoms in total. The number of carbonyl (C=O) groups excluding carboxylic acids is 1. The van der Waals surface area contributed by atoms with Gasteiger partial charge >= 0.3 is 12.1 Å². The molecule has 1 aromatic rings. The van der Waals surface area contributed by atoms with E-state index in [0.29, 0.717) is 5.56 Å². The summed E-state index contributed by atoms with van der Waals surface area (Å²) < 4.78 is 40.0. The molecule has 0 radical (unpaired) electrons. The van der Waals surface area contributed by atoms with Gasteiger partial charge in [-0.05, 0) is 18.1 Å². The fourth-order valence-corrected chi connectivity index (χ4v) is 1.89. The summed E-state index contributed by atoms with van der Waals surface area (Å²) in [4.78, 5) is 22.5. The van der Waals surface area contributed by atoms with E-state index >= 15 is 0 Å². The average Bonchev–Trinajstić information content (AvgIpc) is 2.36. The third kappa shape index (κ3) is 6.57. The molecule has 0 aliphatic heterocycles. The van der Waals surface area contributed by atoms with Crippen LogP contribution in [0.2, 0.25) is 0 Å². The number of carboxylic acids is 1. The van der Waals surface area contributed by atoms with Crippen molar-refractivity contribution in [3.63, 3.8) is 0 Å². The molecule has 1 rings (SSSR count). The maximum atomic E-state index is 11.9. The Kier molecular flexibility index (Phi) is 6.36. The van der Waals surface area contributed by atoms with Crippen molar-refractivity contribution >= 4 is 11.9 Å². The standard InChI is InChI=1S/C14H16F3NO4/c1-9-4-2-3-5-10(9)11(6-13(20)21)18-12(19)7-22-8-14(15,16)17/h2-5,11H,6-8H2,1H3,(H,18,19)(H,20,21). The summed E-state index contributed by atoms with van der Waals surface area (Å²) in [5, 5.41) is 11.3. The van der Waals surface area contributed by atoms with Gasteiger partial charge in [-0.25, -0.2) is 0 Å². The van der Waals surface area contributed by atoms with Gasteiger partial charge in [-0.15, -0.1) is 0 Å². The van der Waals surface area contributed by atoms with Crippen LogP contribution in [0.25, 0.3) is 0 Å². The second-order valence-corrected chi connectivity index (χ2v) is 4.68. The van der Waals surface area contributed by atoms with E-state index in [9.17, 15) is 22.8 Å². The Balaban J connectivity index is 2.68. The van der Waals surface area contributed by atoms with Crippen molar-refractivity contribution in [3.8, 4) is 0 Å². The Morgan fingerprint density at radius 2 is 1.95 bits per heavy atom. The first-order valence-electron chi connectivity index (χ1n) is 6.40. The van der Waals surface area contributed by atoms with Gasteiger partial charge in [-0.2, -0.15) is 13.2 Å². The first-order chi connectivity index (χ1) is 10.2. The normalized spacial score (nSPS) is 12.7. The minimum absolute atomic E-state index is 0.379. The maximum absolute atomic E-state index is 11.9. The molecule has 0 saturated heterocycles. The van der Waals surface area contributed by atoms with Crippen molar-refractivity contribution in [1.29, 1.82) is 0 Å². The summed E-state index contributed by atoms with van der Waals surface area (Å²) in [6.07, 6.45) is -4.90. The van der Waals surface area contributed by atoms with Crippen molar-refractivity contribution in [2.24, 2.45) is 0 Å². The van der Waals surface area contributed by atoms with E-state index in [1.165, 1.54) is 0 Å². The molecule has 122 valence electrons. The second kappa shape index (κ2) is 7.79. The lowest BCUT2D eigenvalue weighted by atomic mass is 9.99. The molecule has 1 aromatic carbocycles. The predicted molar refractivity (Wildman–Crippen MR) is 71.2 cm³/mol. The molecule has 22 heavy (non-hydrogen) atoms. The molecule has 0 fully saturated rings. The van der Waals surface area contributed by atoms with Crippen LogP contribution in [0, 0.1) is 6.92 Å². The van der Waals surface area contributed by atoms with Crippen LogP contribution >= 0.6 is 0 Å². The van der Waals surface area contributed by atoms with Crippen LogP contribution in [0.5, 0.6) is 0 Å². The number of benzene rings is 1. The third-order valence-electron chi connectivity index (χ3n) is 2.78. The molecule has 1 amide bonds. The summed E-state index contributed by atoms with van der Waals surface area (Å²) >= 11 is 0. The molecule has 1 unspecified atom stereocenters. The molecule has 0 heterocycles. The quantitative estimate of drug-likeness (QED) is 0.808. The van der Waals surface area contributed by atoms with E-state index in [2.05, 4.69) is 10.1 Å². The number of ether oxygens (including phenoxy) is 1. The number of carbonyl (C=O) groups is 2. The number of carboxylic acid groups (broad SMARTS) is 1. The van der Waals surface area contributed by atoms with E-state index in [1.807, 2.05) is 0 Å². The van der Waals surface area contributed by atoms with E-state index in [4.69, 9.17) is 5.11 Å². The minimum atomic E-state index is -4.52. The SMILES string of the molecule is Cc1ccccc1C(CC(=O)O)NC(=O)COCC(F)(F)F. The van der Waals surface area contributed by atoms with Gasteiger partial charge in [-0.1, -0.05) is 24.3 Å². The largest absolute Gasteiger partial charge is 0.481 e. The van der Waals surface area contributed by atoms with Crippen molar-refractivity contribution in [2.75, 3.05) is 13.2 Å². The zero-order valence-electron chi connectivity index (χ0n) is 11.8. The number of amides is 1. The monoisotopic (exact) mass is 319 g/mol. The van der Waals surface area contributed by atoms with Gasteiger partial charge in [0, 0.05) is 0 Å². The van der Waals surface area contributed by atoms with Gasteiger partial charge in [0.1, 0.15) is 13.2 Å². The van der Waals surface area contributed by atoms with Crippen LogP contribution in [-0.4, -0.2) is 36.4 Å².